The molecule has 0 aliphatic heterocycles. The van der Waals surface area contributed by atoms with Crippen molar-refractivity contribution in [3.63, 3.8) is 0 Å². The summed E-state index contributed by atoms with van der Waals surface area (Å²) in [7, 11) is 0. The van der Waals surface area contributed by atoms with Gasteiger partial charge in [-0.3, -0.25) is 0 Å². The van der Waals surface area contributed by atoms with Crippen molar-refractivity contribution in [2.75, 3.05) is 0 Å². The maximum atomic E-state index is 6.30. The van der Waals surface area contributed by atoms with Crippen LogP contribution in [0.3, 0.4) is 0 Å². The number of furan rings is 1. The van der Waals surface area contributed by atoms with E-state index >= 15 is 0 Å². The molecule has 0 aliphatic rings. The molecular weight excluding hydrogens is 281 g/mol. The summed E-state index contributed by atoms with van der Waals surface area (Å²) in [4.78, 5) is 0. The fourth-order valence-electron chi connectivity index (χ4n) is 2.40. The minimum atomic E-state index is -0.145. The van der Waals surface area contributed by atoms with Crippen molar-refractivity contribution >= 4 is 23.2 Å². The van der Waals surface area contributed by atoms with Gasteiger partial charge in [-0.25, -0.2) is 0 Å². The Balaban J connectivity index is 2.31. The molecule has 102 valence electrons. The van der Waals surface area contributed by atoms with Crippen molar-refractivity contribution in [3.8, 4) is 0 Å². The van der Waals surface area contributed by atoms with Gasteiger partial charge < -0.3 is 10.2 Å². The van der Waals surface area contributed by atoms with E-state index in [4.69, 9.17) is 33.4 Å². The van der Waals surface area contributed by atoms with Gasteiger partial charge in [0.2, 0.25) is 0 Å². The standard InChI is InChI=1S/C15H17Cl2NO/c1-8-9(2)19-10(3)14(8)13(18)7-11-5-4-6-12(16)15(11)17/h4-6,13H,7,18H2,1-3H3. The molecule has 1 unspecified atom stereocenters. The molecule has 4 heteroatoms. The van der Waals surface area contributed by atoms with E-state index in [1.165, 1.54) is 0 Å². The minimum absolute atomic E-state index is 0.145. The Morgan fingerprint density at radius 3 is 2.42 bits per heavy atom. The molecule has 0 aliphatic carbocycles. The molecule has 0 radical (unpaired) electrons. The number of rotatable bonds is 3. The molecule has 2 rings (SSSR count). The van der Waals surface area contributed by atoms with E-state index in [0.29, 0.717) is 16.5 Å². The lowest BCUT2D eigenvalue weighted by molar-refractivity contribution is 0.496. The quantitative estimate of drug-likeness (QED) is 0.887. The maximum absolute atomic E-state index is 6.30. The number of benzene rings is 1. The minimum Gasteiger partial charge on any atom is -0.466 e. The van der Waals surface area contributed by atoms with E-state index in [2.05, 4.69) is 0 Å². The number of aryl methyl sites for hydroxylation is 2. The van der Waals surface area contributed by atoms with Crippen molar-refractivity contribution in [1.82, 2.24) is 0 Å². The summed E-state index contributed by atoms with van der Waals surface area (Å²) in [5.41, 5.74) is 9.43. The van der Waals surface area contributed by atoms with Crippen LogP contribution in [0.5, 0.6) is 0 Å². The van der Waals surface area contributed by atoms with Gasteiger partial charge >= 0.3 is 0 Å². The van der Waals surface area contributed by atoms with Crippen molar-refractivity contribution in [2.45, 2.75) is 33.2 Å². The van der Waals surface area contributed by atoms with Gasteiger partial charge in [0.25, 0.3) is 0 Å². The SMILES string of the molecule is Cc1oc(C)c(C(N)Cc2cccc(Cl)c2Cl)c1C. The molecule has 19 heavy (non-hydrogen) atoms. The predicted octanol–water partition coefficient (Wildman–Crippen LogP) is 4.75. The summed E-state index contributed by atoms with van der Waals surface area (Å²) in [6.45, 7) is 5.92. The van der Waals surface area contributed by atoms with Gasteiger partial charge in [0.05, 0.1) is 10.0 Å². The van der Waals surface area contributed by atoms with Crippen LogP contribution in [-0.4, -0.2) is 0 Å². The Morgan fingerprint density at radius 2 is 1.84 bits per heavy atom. The first-order chi connectivity index (χ1) is 8.91. The summed E-state index contributed by atoms with van der Waals surface area (Å²) >= 11 is 12.2. The second kappa shape index (κ2) is 5.58. The van der Waals surface area contributed by atoms with Crippen LogP contribution in [0.15, 0.2) is 22.6 Å². The van der Waals surface area contributed by atoms with Crippen LogP contribution in [0.1, 0.15) is 34.3 Å². The monoisotopic (exact) mass is 297 g/mol. The third-order valence-corrected chi connectivity index (χ3v) is 4.32. The number of hydrogen-bond donors (Lipinski definition) is 1. The molecule has 0 saturated carbocycles. The average molecular weight is 298 g/mol. The summed E-state index contributed by atoms with van der Waals surface area (Å²) in [6.07, 6.45) is 0.639. The van der Waals surface area contributed by atoms with Crippen LogP contribution in [0.4, 0.5) is 0 Å². The van der Waals surface area contributed by atoms with Crippen molar-refractivity contribution < 1.29 is 4.42 Å². The largest absolute Gasteiger partial charge is 0.466 e. The molecular formula is C15H17Cl2NO. The molecule has 2 aromatic rings. The Labute approximate surface area is 123 Å². The third kappa shape index (κ3) is 2.81. The van der Waals surface area contributed by atoms with Gasteiger partial charge in [-0.15, -0.1) is 0 Å². The fourth-order valence-corrected chi connectivity index (χ4v) is 2.80. The van der Waals surface area contributed by atoms with Gasteiger partial charge in [0, 0.05) is 11.6 Å². The number of halogens is 2. The predicted molar refractivity (Wildman–Crippen MR) is 80.0 cm³/mol. The summed E-state index contributed by atoms with van der Waals surface area (Å²) < 4.78 is 5.62. The highest BCUT2D eigenvalue weighted by atomic mass is 35.5. The molecule has 1 aromatic heterocycles. The zero-order valence-electron chi connectivity index (χ0n) is 11.3. The summed E-state index contributed by atoms with van der Waals surface area (Å²) in [5, 5.41) is 1.14. The second-order valence-electron chi connectivity index (χ2n) is 4.78. The number of nitrogens with two attached hydrogens (primary N) is 1. The zero-order chi connectivity index (χ0) is 14.2. The van der Waals surface area contributed by atoms with E-state index in [-0.39, 0.29) is 6.04 Å². The fraction of sp³-hybridized carbons (Fsp3) is 0.333. The smallest absolute Gasteiger partial charge is 0.106 e. The normalized spacial score (nSPS) is 12.7. The Kier molecular flexibility index (Phi) is 4.24. The highest BCUT2D eigenvalue weighted by Gasteiger charge is 2.19. The summed E-state index contributed by atoms with van der Waals surface area (Å²) in [5.74, 6) is 1.79. The van der Waals surface area contributed by atoms with Gasteiger partial charge in [0.1, 0.15) is 11.5 Å². The molecule has 2 nitrogen and oxygen atoms in total. The molecule has 1 aromatic carbocycles. The highest BCUT2D eigenvalue weighted by Crippen LogP contribution is 2.31. The van der Waals surface area contributed by atoms with E-state index in [1.807, 2.05) is 32.9 Å². The lowest BCUT2D eigenvalue weighted by Gasteiger charge is -2.14. The van der Waals surface area contributed by atoms with Gasteiger partial charge in [-0.1, -0.05) is 35.3 Å². The maximum Gasteiger partial charge on any atom is 0.106 e. The van der Waals surface area contributed by atoms with Gasteiger partial charge in [0.15, 0.2) is 0 Å². The summed E-state index contributed by atoms with van der Waals surface area (Å²) in [6, 6.07) is 5.47. The van der Waals surface area contributed by atoms with Crippen LogP contribution in [-0.2, 0) is 6.42 Å². The zero-order valence-corrected chi connectivity index (χ0v) is 12.8. The Bertz CT molecular complexity index is 604. The molecule has 0 spiro atoms. The molecule has 1 heterocycles. The van der Waals surface area contributed by atoms with Crippen LogP contribution in [0.25, 0.3) is 0 Å². The van der Waals surface area contributed by atoms with Gasteiger partial charge in [-0.05, 0) is 44.4 Å². The van der Waals surface area contributed by atoms with Crippen LogP contribution in [0.2, 0.25) is 10.0 Å². The lowest BCUT2D eigenvalue weighted by atomic mass is 9.96. The first-order valence-corrected chi connectivity index (χ1v) is 6.92. The van der Waals surface area contributed by atoms with E-state index in [0.717, 1.165) is 28.2 Å². The van der Waals surface area contributed by atoms with Crippen molar-refractivity contribution in [2.24, 2.45) is 5.73 Å². The highest BCUT2D eigenvalue weighted by molar-refractivity contribution is 6.42. The average Bonchev–Trinajstić information content (AvgIpc) is 2.59. The molecule has 2 N–H and O–H groups in total. The lowest BCUT2D eigenvalue weighted by Crippen LogP contribution is -2.15. The molecule has 0 bridgehead atoms. The van der Waals surface area contributed by atoms with E-state index in [9.17, 15) is 0 Å². The molecule has 0 amide bonds. The first-order valence-electron chi connectivity index (χ1n) is 6.16. The Hall–Kier alpha value is -0.960. The van der Waals surface area contributed by atoms with Gasteiger partial charge in [-0.2, -0.15) is 0 Å². The van der Waals surface area contributed by atoms with Crippen molar-refractivity contribution in [1.29, 1.82) is 0 Å². The third-order valence-electron chi connectivity index (χ3n) is 3.46. The molecule has 0 fully saturated rings. The topological polar surface area (TPSA) is 39.2 Å². The van der Waals surface area contributed by atoms with E-state index < -0.39 is 0 Å². The molecule has 0 saturated heterocycles. The first kappa shape index (κ1) is 14.4. The van der Waals surface area contributed by atoms with Crippen LogP contribution < -0.4 is 5.73 Å². The Morgan fingerprint density at radius 1 is 1.16 bits per heavy atom. The van der Waals surface area contributed by atoms with E-state index in [1.54, 1.807) is 6.07 Å². The van der Waals surface area contributed by atoms with Crippen LogP contribution in [0, 0.1) is 20.8 Å². The number of hydrogen-bond acceptors (Lipinski definition) is 2. The molecule has 1 atom stereocenters. The van der Waals surface area contributed by atoms with Crippen LogP contribution >= 0.6 is 23.2 Å². The van der Waals surface area contributed by atoms with Crippen molar-refractivity contribution in [3.05, 3.63) is 56.5 Å². The second-order valence-corrected chi connectivity index (χ2v) is 5.56.